The van der Waals surface area contributed by atoms with Gasteiger partial charge >= 0.3 is 11.9 Å². The number of thioether (sulfide) groups is 1. The maximum atomic E-state index is 12.3. The molecule has 2 amide bonds. The molecule has 0 aromatic carbocycles. The van der Waals surface area contributed by atoms with Crippen LogP contribution in [0.5, 0.6) is 0 Å². The van der Waals surface area contributed by atoms with Gasteiger partial charge in [-0.1, -0.05) is 21.1 Å². The van der Waals surface area contributed by atoms with Crippen molar-refractivity contribution in [3.8, 4) is 0 Å². The summed E-state index contributed by atoms with van der Waals surface area (Å²) >= 11 is 3.96. The van der Waals surface area contributed by atoms with Crippen LogP contribution in [0.4, 0.5) is 0 Å². The predicted octanol–water partition coefficient (Wildman–Crippen LogP) is -1.19. The van der Waals surface area contributed by atoms with Crippen LogP contribution in [0.25, 0.3) is 0 Å². The van der Waals surface area contributed by atoms with Gasteiger partial charge in [-0.2, -0.15) is 0 Å². The first-order valence-electron chi connectivity index (χ1n) is 7.58. The summed E-state index contributed by atoms with van der Waals surface area (Å²) in [7, 11) is 0. The molecule has 0 aliphatic carbocycles. The zero-order valence-electron chi connectivity index (χ0n) is 14.0. The highest BCUT2D eigenvalue weighted by molar-refractivity contribution is 9.09. The maximum absolute atomic E-state index is 12.3. The molecular weight excluding hydrogens is 450 g/mol. The van der Waals surface area contributed by atoms with Gasteiger partial charge < -0.3 is 25.3 Å². The van der Waals surface area contributed by atoms with E-state index < -0.39 is 52.1 Å². The number of ketones is 1. The van der Waals surface area contributed by atoms with Crippen LogP contribution in [0, 0.1) is 5.41 Å². The number of rotatable bonds is 7. The first kappa shape index (κ1) is 21.2. The van der Waals surface area contributed by atoms with Crippen molar-refractivity contribution >= 4 is 62.9 Å². The van der Waals surface area contributed by atoms with Crippen LogP contribution in [0.2, 0.25) is 0 Å². The summed E-state index contributed by atoms with van der Waals surface area (Å²) in [5.41, 5.74) is -2.19. The molecule has 2 aliphatic rings. The number of aliphatic carboxylic acids is 1. The van der Waals surface area contributed by atoms with Crippen LogP contribution in [-0.4, -0.2) is 86.1 Å². The number of esters is 1. The highest BCUT2D eigenvalue weighted by Gasteiger charge is 2.58. The molecule has 0 saturated carbocycles. The van der Waals surface area contributed by atoms with Crippen LogP contribution in [-0.2, 0) is 28.7 Å². The lowest BCUT2D eigenvalue weighted by Gasteiger charge is -2.53. The van der Waals surface area contributed by atoms with Gasteiger partial charge in [-0.15, -0.1) is 11.8 Å². The molecule has 2 heterocycles. The fraction of sp³-hybridized carbons (Fsp3) is 0.571. The molecule has 0 spiro atoms. The molecule has 0 aromatic heterocycles. The number of Topliss-reactive ketones (excluding diaryl/α,β-unsaturated/α-hetero) is 1. The Morgan fingerprint density at radius 1 is 1.44 bits per heavy atom. The van der Waals surface area contributed by atoms with Crippen LogP contribution < -0.4 is 5.32 Å². The molecule has 27 heavy (non-hydrogen) atoms. The number of carbonyl (C=O) groups is 5. The van der Waals surface area contributed by atoms with Crippen LogP contribution in [0.1, 0.15) is 6.92 Å². The molecule has 2 saturated heterocycles. The van der Waals surface area contributed by atoms with Crippen molar-refractivity contribution in [2.45, 2.75) is 18.3 Å². The second kappa shape index (κ2) is 8.25. The van der Waals surface area contributed by atoms with Crippen molar-refractivity contribution < 1.29 is 39.0 Å². The minimum Gasteiger partial charge on any atom is -0.481 e. The molecule has 148 valence electrons. The molecular formula is C14H16BrN3O8S. The number of nitrogens with one attached hydrogen (secondary N) is 1. The van der Waals surface area contributed by atoms with E-state index in [-0.39, 0.29) is 24.2 Å². The van der Waals surface area contributed by atoms with Crippen molar-refractivity contribution in [2.24, 2.45) is 10.6 Å². The van der Waals surface area contributed by atoms with Gasteiger partial charge in [-0.25, -0.2) is 0 Å². The number of alkyl halides is 1. The van der Waals surface area contributed by atoms with Gasteiger partial charge in [0.2, 0.25) is 17.4 Å². The van der Waals surface area contributed by atoms with Crippen molar-refractivity contribution in [3.05, 3.63) is 0 Å². The van der Waals surface area contributed by atoms with Gasteiger partial charge in [0.05, 0.1) is 5.33 Å². The summed E-state index contributed by atoms with van der Waals surface area (Å²) in [6.45, 7) is 0.599. The third-order valence-electron chi connectivity index (χ3n) is 4.14. The van der Waals surface area contributed by atoms with E-state index in [1.807, 2.05) is 0 Å². The molecule has 3 atom stereocenters. The number of halogens is 1. The number of hydrogen-bond donors (Lipinski definition) is 3. The number of carboxylic acids is 1. The summed E-state index contributed by atoms with van der Waals surface area (Å²) < 4.78 is 4.84. The normalized spacial score (nSPS) is 27.3. The third-order valence-corrected chi connectivity index (χ3v) is 6.23. The van der Waals surface area contributed by atoms with Gasteiger partial charge in [0.25, 0.3) is 5.91 Å². The number of nitrogens with zero attached hydrogens (tertiary/aromatic N) is 2. The van der Waals surface area contributed by atoms with E-state index in [2.05, 4.69) is 26.4 Å². The zero-order valence-corrected chi connectivity index (χ0v) is 16.4. The highest BCUT2D eigenvalue weighted by Crippen LogP contribution is 2.42. The van der Waals surface area contributed by atoms with E-state index in [1.54, 1.807) is 0 Å². The lowest BCUT2D eigenvalue weighted by Crippen LogP contribution is -2.74. The number of carboxylic acid groups (broad SMARTS) is 1. The Bertz CT molecular complexity index is 729. The highest BCUT2D eigenvalue weighted by atomic mass is 79.9. The molecule has 0 bridgehead atoms. The molecule has 2 fully saturated rings. The van der Waals surface area contributed by atoms with Gasteiger partial charge in [0.1, 0.15) is 23.4 Å². The van der Waals surface area contributed by atoms with Crippen molar-refractivity contribution in [3.63, 3.8) is 0 Å². The number of fused-ring (bicyclic) bond motifs is 1. The summed E-state index contributed by atoms with van der Waals surface area (Å²) in [6, 6.07) is -0.983. The summed E-state index contributed by atoms with van der Waals surface area (Å²) in [5.74, 6) is -4.09. The molecule has 0 aromatic rings. The first-order valence-corrected chi connectivity index (χ1v) is 9.75. The van der Waals surface area contributed by atoms with E-state index in [1.165, 1.54) is 4.90 Å². The van der Waals surface area contributed by atoms with E-state index in [4.69, 9.17) is 9.94 Å². The molecule has 2 aliphatic heterocycles. The standard InChI is InChI=1S/C14H16BrN3O8S/c1-6(19)26-4-14(13(23)24)3-18-11(22)9(12(18)27-5-14)16-10(21)8(17-25)7(20)2-15/h9,12,25H,2-5H2,1H3,(H,16,21)(H,23,24)/t9?,12-,14?/m1/s1. The van der Waals surface area contributed by atoms with E-state index in [0.717, 1.165) is 18.7 Å². The average Bonchev–Trinajstić information content (AvgIpc) is 2.64. The van der Waals surface area contributed by atoms with Crippen molar-refractivity contribution in [2.75, 3.05) is 24.2 Å². The smallest absolute Gasteiger partial charge is 0.315 e. The molecule has 3 N–H and O–H groups in total. The molecule has 2 unspecified atom stereocenters. The molecule has 0 radical (unpaired) electrons. The summed E-state index contributed by atoms with van der Waals surface area (Å²) in [5, 5.41) is 22.5. The zero-order chi connectivity index (χ0) is 20.4. The lowest BCUT2D eigenvalue weighted by atomic mass is 9.88. The number of amides is 2. The minimum absolute atomic E-state index is 0.0533. The monoisotopic (exact) mass is 465 g/mol. The summed E-state index contributed by atoms with van der Waals surface area (Å²) in [4.78, 5) is 59.8. The van der Waals surface area contributed by atoms with E-state index >= 15 is 0 Å². The van der Waals surface area contributed by atoms with Gasteiger partial charge in [0.15, 0.2) is 0 Å². The fourth-order valence-electron chi connectivity index (χ4n) is 2.65. The topological polar surface area (TPSA) is 163 Å². The Kier molecular flexibility index (Phi) is 6.46. The second-order valence-electron chi connectivity index (χ2n) is 5.99. The quantitative estimate of drug-likeness (QED) is 0.0797. The second-order valence-corrected chi connectivity index (χ2v) is 7.66. The Morgan fingerprint density at radius 3 is 2.63 bits per heavy atom. The predicted molar refractivity (Wildman–Crippen MR) is 94.6 cm³/mol. The van der Waals surface area contributed by atoms with Gasteiger partial charge in [0, 0.05) is 19.2 Å². The third kappa shape index (κ3) is 4.08. The Labute approximate surface area is 165 Å². The van der Waals surface area contributed by atoms with Crippen molar-refractivity contribution in [1.82, 2.24) is 10.2 Å². The lowest BCUT2D eigenvalue weighted by molar-refractivity contribution is -0.164. The molecule has 2 rings (SSSR count). The number of carbonyl (C=O) groups excluding carboxylic acids is 4. The minimum atomic E-state index is -1.44. The number of ether oxygens (including phenoxy) is 1. The fourth-order valence-corrected chi connectivity index (χ4v) is 4.44. The maximum Gasteiger partial charge on any atom is 0.315 e. The average molecular weight is 466 g/mol. The van der Waals surface area contributed by atoms with Crippen molar-refractivity contribution in [1.29, 1.82) is 0 Å². The van der Waals surface area contributed by atoms with Gasteiger partial charge in [-0.3, -0.25) is 24.0 Å². The number of β-lactam (4-membered cyclic amide) rings is 1. The Morgan fingerprint density at radius 2 is 2.11 bits per heavy atom. The van der Waals surface area contributed by atoms with Crippen LogP contribution >= 0.6 is 27.7 Å². The molecule has 13 heteroatoms. The first-order chi connectivity index (χ1) is 12.7. The number of oxime groups is 1. The largest absolute Gasteiger partial charge is 0.481 e. The SMILES string of the molecule is CC(=O)OCC1(C(=O)O)CS[C@@H]2C(NC(=O)C(=NO)C(=O)CBr)C(=O)N2C1. The van der Waals surface area contributed by atoms with Gasteiger partial charge in [-0.05, 0) is 0 Å². The van der Waals surface area contributed by atoms with Crippen LogP contribution in [0.3, 0.4) is 0 Å². The Balaban J connectivity index is 2.06. The van der Waals surface area contributed by atoms with E-state index in [9.17, 15) is 29.1 Å². The molecule has 11 nitrogen and oxygen atoms in total. The summed E-state index contributed by atoms with van der Waals surface area (Å²) in [6.07, 6.45) is 0. The Hall–Kier alpha value is -2.15. The van der Waals surface area contributed by atoms with E-state index in [0.29, 0.717) is 0 Å². The number of hydrogen-bond acceptors (Lipinski definition) is 9. The van der Waals surface area contributed by atoms with Crippen LogP contribution in [0.15, 0.2) is 5.16 Å².